The molecule has 0 spiro atoms. The van der Waals surface area contributed by atoms with E-state index in [1.54, 1.807) is 19.2 Å². The van der Waals surface area contributed by atoms with Gasteiger partial charge in [0.05, 0.1) is 59.5 Å². The van der Waals surface area contributed by atoms with Crippen LogP contribution in [-0.4, -0.2) is 106 Å². The van der Waals surface area contributed by atoms with E-state index in [4.69, 9.17) is 16.3 Å². The average Bonchev–Trinajstić information content (AvgIpc) is 3.36. The second kappa shape index (κ2) is 11.6. The number of aromatic nitrogens is 4. The number of imidazole rings is 1. The molecule has 5 rings (SSSR count). The molecule has 15 heteroatoms. The van der Waals surface area contributed by atoms with Crippen molar-refractivity contribution in [1.82, 2.24) is 29.4 Å². The van der Waals surface area contributed by atoms with Crippen LogP contribution in [0.25, 0.3) is 5.65 Å². The quantitative estimate of drug-likeness (QED) is 0.357. The van der Waals surface area contributed by atoms with Crippen LogP contribution in [0.5, 0.6) is 0 Å². The second-order valence-electron chi connectivity index (χ2n) is 10.0. The molecule has 1 aromatic carbocycles. The maximum Gasteiger partial charge on any atom is 0.407 e. The van der Waals surface area contributed by atoms with Gasteiger partial charge in [0.25, 0.3) is 0 Å². The molecule has 14 nitrogen and oxygen atoms in total. The highest BCUT2D eigenvalue weighted by atomic mass is 35.5. The van der Waals surface area contributed by atoms with Crippen LogP contribution in [0.3, 0.4) is 0 Å². The Morgan fingerprint density at radius 2 is 2.05 bits per heavy atom. The van der Waals surface area contributed by atoms with E-state index in [1.807, 2.05) is 14.0 Å². The Kier molecular flexibility index (Phi) is 7.99. The second-order valence-corrected chi connectivity index (χ2v) is 10.4. The highest BCUT2D eigenvalue weighted by Crippen LogP contribution is 2.38. The van der Waals surface area contributed by atoms with Crippen molar-refractivity contribution in [2.75, 3.05) is 62.5 Å². The molecule has 0 saturated carbocycles. The summed E-state index contributed by atoms with van der Waals surface area (Å²) in [6.45, 7) is 4.72. The van der Waals surface area contributed by atoms with Crippen molar-refractivity contribution in [2.24, 2.45) is 0 Å². The smallest absolute Gasteiger partial charge is 0.407 e. The third kappa shape index (κ3) is 5.37. The number of hydrogen-bond donors (Lipinski definition) is 3. The van der Waals surface area contributed by atoms with Crippen LogP contribution < -0.4 is 15.5 Å². The number of carbonyl (C=O) groups is 1. The van der Waals surface area contributed by atoms with Gasteiger partial charge in [0.2, 0.25) is 5.95 Å². The molecule has 41 heavy (non-hydrogen) atoms. The van der Waals surface area contributed by atoms with Gasteiger partial charge in [-0.1, -0.05) is 11.6 Å². The summed E-state index contributed by atoms with van der Waals surface area (Å²) in [7, 11) is 3.59. The summed E-state index contributed by atoms with van der Waals surface area (Å²) in [6.07, 6.45) is 1.02. The van der Waals surface area contributed by atoms with E-state index in [-0.39, 0.29) is 29.8 Å². The first-order chi connectivity index (χ1) is 19.7. The van der Waals surface area contributed by atoms with Crippen LogP contribution in [-0.2, 0) is 4.74 Å². The van der Waals surface area contributed by atoms with Crippen LogP contribution in [0.15, 0.2) is 18.3 Å². The number of benzene rings is 1. The molecule has 2 aliphatic heterocycles. The number of carboxylic acid groups (broad SMARTS) is 1. The summed E-state index contributed by atoms with van der Waals surface area (Å²) in [5, 5.41) is 40.1. The number of fused-ring (bicyclic) bond motifs is 1. The lowest BCUT2D eigenvalue weighted by molar-refractivity contribution is -0.0794. The molecule has 4 heterocycles. The van der Waals surface area contributed by atoms with Gasteiger partial charge >= 0.3 is 6.09 Å². The number of nitrogens with one attached hydrogen (secondary N) is 2. The zero-order chi connectivity index (χ0) is 29.3. The van der Waals surface area contributed by atoms with Crippen molar-refractivity contribution in [3.63, 3.8) is 0 Å². The fourth-order valence-corrected chi connectivity index (χ4v) is 5.55. The van der Waals surface area contributed by atoms with Crippen molar-refractivity contribution in [3.05, 3.63) is 34.6 Å². The van der Waals surface area contributed by atoms with E-state index in [1.165, 1.54) is 15.6 Å². The van der Waals surface area contributed by atoms with Gasteiger partial charge in [-0.2, -0.15) is 20.0 Å². The average molecular weight is 580 g/mol. The van der Waals surface area contributed by atoms with Crippen LogP contribution in [0.1, 0.15) is 24.6 Å². The maximum absolute atomic E-state index is 11.9. The molecule has 0 unspecified atom stereocenters. The fraction of sp³-hybridized carbons (Fsp3) is 0.462. The molecular weight excluding hydrogens is 550 g/mol. The predicted molar refractivity (Wildman–Crippen MR) is 152 cm³/mol. The molecule has 0 bridgehead atoms. The number of rotatable bonds is 8. The zero-order valence-electron chi connectivity index (χ0n) is 22.9. The first kappa shape index (κ1) is 28.2. The SMILES string of the molecule is CCNc1nc(Nc2cc(C#N)cc(N3CC[C@@H](N(C)C(=O)O)[C@@H](N(C)C4COC4)C3)c2Cl)nn2c(C#N)cnc12. The lowest BCUT2D eigenvalue weighted by Gasteiger charge is -2.49. The van der Waals surface area contributed by atoms with Gasteiger partial charge in [0.1, 0.15) is 6.07 Å². The maximum atomic E-state index is 11.9. The van der Waals surface area contributed by atoms with Gasteiger partial charge in [0.15, 0.2) is 17.2 Å². The molecule has 214 valence electrons. The Balaban J connectivity index is 1.49. The molecule has 2 aromatic heterocycles. The van der Waals surface area contributed by atoms with E-state index in [0.29, 0.717) is 72.7 Å². The fourth-order valence-electron chi connectivity index (χ4n) is 5.27. The molecule has 0 aliphatic carbocycles. The standard InChI is InChI=1S/C26H30ClN11O3/c1-4-30-23-24-31-11-16(10-29)38(24)34-25(33-23)32-18-7-15(9-28)8-20(22(18)27)37-6-5-19(36(3)26(39)40)21(12-37)35(2)17-13-41-14-17/h7-8,11,17,19,21H,4-6,12-14H2,1-3H3,(H,39,40)(H2,30,32,33,34)/t19-,21+/m1/s1. The van der Waals surface area contributed by atoms with Gasteiger partial charge in [-0.15, -0.1) is 5.10 Å². The van der Waals surface area contributed by atoms with E-state index < -0.39 is 6.09 Å². The van der Waals surface area contributed by atoms with Crippen molar-refractivity contribution < 1.29 is 14.6 Å². The van der Waals surface area contributed by atoms with Crippen molar-refractivity contribution in [2.45, 2.75) is 31.5 Å². The van der Waals surface area contributed by atoms with Gasteiger partial charge in [-0.3, -0.25) is 4.90 Å². The number of piperidine rings is 1. The predicted octanol–water partition coefficient (Wildman–Crippen LogP) is 2.58. The van der Waals surface area contributed by atoms with E-state index in [0.717, 1.165) is 0 Å². The number of ether oxygens (including phenoxy) is 1. The van der Waals surface area contributed by atoms with Gasteiger partial charge in [0, 0.05) is 32.7 Å². The summed E-state index contributed by atoms with van der Waals surface area (Å²) >= 11 is 6.96. The molecule has 2 atom stereocenters. The molecule has 0 radical (unpaired) electrons. The van der Waals surface area contributed by atoms with Crippen molar-refractivity contribution in [1.29, 1.82) is 10.5 Å². The van der Waals surface area contributed by atoms with Crippen LogP contribution in [0.4, 0.5) is 27.9 Å². The Bertz CT molecular complexity index is 1540. The minimum atomic E-state index is -0.978. The number of halogens is 1. The summed E-state index contributed by atoms with van der Waals surface area (Å²) in [5.74, 6) is 0.602. The molecule has 2 fully saturated rings. The molecule has 2 saturated heterocycles. The van der Waals surface area contributed by atoms with Gasteiger partial charge < -0.3 is 30.3 Å². The Labute approximate surface area is 241 Å². The van der Waals surface area contributed by atoms with Gasteiger partial charge in [-0.05, 0) is 32.5 Å². The lowest BCUT2D eigenvalue weighted by Crippen LogP contribution is -2.64. The third-order valence-electron chi connectivity index (χ3n) is 7.66. The van der Waals surface area contributed by atoms with E-state index in [2.05, 4.69) is 47.6 Å². The highest BCUT2D eigenvalue weighted by Gasteiger charge is 2.40. The third-order valence-corrected chi connectivity index (χ3v) is 8.05. The number of anilines is 4. The first-order valence-corrected chi connectivity index (χ1v) is 13.5. The Morgan fingerprint density at radius 3 is 2.68 bits per heavy atom. The molecule has 3 N–H and O–H groups in total. The molecular formula is C26H30ClN11O3. The largest absolute Gasteiger partial charge is 0.465 e. The highest BCUT2D eigenvalue weighted by molar-refractivity contribution is 6.36. The normalized spacial score (nSPS) is 19.0. The summed E-state index contributed by atoms with van der Waals surface area (Å²) in [6, 6.07) is 7.46. The number of amides is 1. The van der Waals surface area contributed by atoms with E-state index >= 15 is 0 Å². The van der Waals surface area contributed by atoms with Crippen molar-refractivity contribution in [3.8, 4) is 12.1 Å². The number of nitrogens with zero attached hydrogens (tertiary/aromatic N) is 9. The molecule has 3 aromatic rings. The molecule has 2 aliphatic rings. The number of nitriles is 2. The van der Waals surface area contributed by atoms with Crippen molar-refractivity contribution >= 4 is 46.5 Å². The first-order valence-electron chi connectivity index (χ1n) is 13.2. The minimum Gasteiger partial charge on any atom is -0.465 e. The number of likely N-dealkylation sites (N-methyl/N-ethyl adjacent to an activating group) is 2. The monoisotopic (exact) mass is 579 g/mol. The van der Waals surface area contributed by atoms with Gasteiger partial charge in [-0.25, -0.2) is 9.78 Å². The zero-order valence-corrected chi connectivity index (χ0v) is 23.6. The Morgan fingerprint density at radius 1 is 1.27 bits per heavy atom. The summed E-state index contributed by atoms with van der Waals surface area (Å²) in [4.78, 5) is 26.3. The number of hydrogen-bond acceptors (Lipinski definition) is 11. The summed E-state index contributed by atoms with van der Waals surface area (Å²) in [5.41, 5.74) is 2.09. The lowest BCUT2D eigenvalue weighted by atomic mass is 9.94. The minimum absolute atomic E-state index is 0.129. The van der Waals surface area contributed by atoms with Crippen LogP contribution in [0, 0.1) is 22.7 Å². The topological polar surface area (TPSA) is 171 Å². The summed E-state index contributed by atoms with van der Waals surface area (Å²) < 4.78 is 6.79. The molecule has 1 amide bonds. The van der Waals surface area contributed by atoms with Crippen LogP contribution >= 0.6 is 11.6 Å². The Hall–Kier alpha value is -4.37. The van der Waals surface area contributed by atoms with Crippen LogP contribution in [0.2, 0.25) is 5.02 Å². The van der Waals surface area contributed by atoms with E-state index in [9.17, 15) is 20.4 Å².